The Morgan fingerprint density at radius 1 is 1.00 bits per heavy atom. The summed E-state index contributed by atoms with van der Waals surface area (Å²) in [6, 6.07) is 0.252. The first kappa shape index (κ1) is 18.4. The zero-order chi connectivity index (χ0) is 19.0. The third-order valence-corrected chi connectivity index (χ3v) is 5.35. The van der Waals surface area contributed by atoms with Crippen LogP contribution in [0, 0.1) is 34.6 Å². The molecular weight excluding hydrogens is 324 g/mol. The monoisotopic (exact) mass is 354 g/mol. The number of imidazole rings is 1. The summed E-state index contributed by atoms with van der Waals surface area (Å²) in [4.78, 5) is 4.42. The fourth-order valence-electron chi connectivity index (χ4n) is 3.71. The highest BCUT2D eigenvalue weighted by Gasteiger charge is 2.19. The summed E-state index contributed by atoms with van der Waals surface area (Å²) in [5.74, 6) is 0. The molecule has 3 rings (SSSR count). The number of nitrogens with zero attached hydrogens (tertiary/aromatic N) is 6. The molecule has 0 aliphatic carbocycles. The largest absolute Gasteiger partial charge is 0.328 e. The Labute approximate surface area is 155 Å². The summed E-state index contributed by atoms with van der Waals surface area (Å²) in [6.45, 7) is 16.7. The first-order chi connectivity index (χ1) is 12.3. The molecule has 26 heavy (non-hydrogen) atoms. The number of hydrogen-bond donors (Lipinski definition) is 0. The van der Waals surface area contributed by atoms with Gasteiger partial charge < -0.3 is 4.57 Å². The molecule has 0 bridgehead atoms. The Morgan fingerprint density at radius 3 is 2.35 bits per heavy atom. The normalized spacial score (nSPS) is 12.7. The van der Waals surface area contributed by atoms with Crippen LogP contribution in [0.1, 0.15) is 54.6 Å². The summed E-state index contributed by atoms with van der Waals surface area (Å²) in [6.07, 6.45) is 4.95. The molecule has 0 aromatic carbocycles. The van der Waals surface area contributed by atoms with E-state index in [0.717, 1.165) is 36.6 Å². The molecule has 0 N–H and O–H groups in total. The highest BCUT2D eigenvalue weighted by Crippen LogP contribution is 2.28. The zero-order valence-electron chi connectivity index (χ0n) is 17.0. The minimum absolute atomic E-state index is 0.252. The van der Waals surface area contributed by atoms with Gasteiger partial charge in [0.15, 0.2) is 0 Å². The highest BCUT2D eigenvalue weighted by atomic mass is 15.3. The zero-order valence-corrected chi connectivity index (χ0v) is 17.0. The molecule has 0 saturated carbocycles. The number of rotatable bonds is 6. The Bertz CT molecular complexity index is 911. The Kier molecular flexibility index (Phi) is 5.03. The summed E-state index contributed by atoms with van der Waals surface area (Å²) in [5, 5.41) is 9.44. The van der Waals surface area contributed by atoms with Gasteiger partial charge in [-0.05, 0) is 53.5 Å². The van der Waals surface area contributed by atoms with Gasteiger partial charge in [-0.1, -0.05) is 6.92 Å². The van der Waals surface area contributed by atoms with Crippen LogP contribution in [-0.4, -0.2) is 29.1 Å². The lowest BCUT2D eigenvalue weighted by Gasteiger charge is -2.17. The maximum absolute atomic E-state index is 4.72. The van der Waals surface area contributed by atoms with Gasteiger partial charge in [0.05, 0.1) is 35.6 Å². The van der Waals surface area contributed by atoms with Crippen molar-refractivity contribution in [1.82, 2.24) is 29.1 Å². The molecule has 6 heteroatoms. The van der Waals surface area contributed by atoms with E-state index in [-0.39, 0.29) is 6.04 Å². The molecule has 3 heterocycles. The molecule has 0 radical (unpaired) electrons. The second-order valence-corrected chi connectivity index (χ2v) is 7.29. The van der Waals surface area contributed by atoms with Crippen molar-refractivity contribution < 1.29 is 0 Å². The van der Waals surface area contributed by atoms with Crippen LogP contribution in [-0.2, 0) is 13.1 Å². The van der Waals surface area contributed by atoms with Crippen molar-refractivity contribution in [3.8, 4) is 11.3 Å². The Balaban J connectivity index is 1.93. The van der Waals surface area contributed by atoms with Crippen molar-refractivity contribution in [2.24, 2.45) is 0 Å². The van der Waals surface area contributed by atoms with Crippen molar-refractivity contribution in [3.63, 3.8) is 0 Å². The molecule has 0 fully saturated rings. The van der Waals surface area contributed by atoms with E-state index in [1.165, 1.54) is 22.5 Å². The molecule has 0 spiro atoms. The first-order valence-electron chi connectivity index (χ1n) is 9.41. The number of aromatic nitrogens is 6. The second-order valence-electron chi connectivity index (χ2n) is 7.29. The van der Waals surface area contributed by atoms with Crippen LogP contribution in [0.4, 0.5) is 0 Å². The van der Waals surface area contributed by atoms with Gasteiger partial charge in [0.2, 0.25) is 0 Å². The van der Waals surface area contributed by atoms with E-state index in [4.69, 9.17) is 10.2 Å². The van der Waals surface area contributed by atoms with Gasteiger partial charge in [0.25, 0.3) is 0 Å². The van der Waals surface area contributed by atoms with Crippen molar-refractivity contribution in [1.29, 1.82) is 0 Å². The van der Waals surface area contributed by atoms with Gasteiger partial charge in [-0.25, -0.2) is 4.98 Å². The van der Waals surface area contributed by atoms with Crippen LogP contribution in [0.25, 0.3) is 11.3 Å². The van der Waals surface area contributed by atoms with Gasteiger partial charge in [0, 0.05) is 30.0 Å². The number of hydrogen-bond acceptors (Lipinski definition) is 3. The fourth-order valence-corrected chi connectivity index (χ4v) is 3.71. The van der Waals surface area contributed by atoms with E-state index < -0.39 is 0 Å². The third kappa shape index (κ3) is 3.08. The van der Waals surface area contributed by atoms with Crippen LogP contribution < -0.4 is 0 Å². The van der Waals surface area contributed by atoms with Crippen molar-refractivity contribution in [2.45, 2.75) is 74.0 Å². The second kappa shape index (κ2) is 7.09. The molecule has 0 aliphatic heterocycles. The molecule has 140 valence electrons. The molecular formula is C20H30N6. The maximum Gasteiger partial charge on any atom is 0.0951 e. The minimum atomic E-state index is 0.252. The van der Waals surface area contributed by atoms with E-state index in [1.807, 2.05) is 12.5 Å². The molecule has 1 atom stereocenters. The van der Waals surface area contributed by atoms with E-state index in [9.17, 15) is 0 Å². The van der Waals surface area contributed by atoms with Crippen LogP contribution >= 0.6 is 0 Å². The van der Waals surface area contributed by atoms with Crippen molar-refractivity contribution in [2.75, 3.05) is 0 Å². The summed E-state index contributed by atoms with van der Waals surface area (Å²) in [7, 11) is 0. The van der Waals surface area contributed by atoms with Gasteiger partial charge in [0.1, 0.15) is 0 Å². The molecule has 0 saturated heterocycles. The van der Waals surface area contributed by atoms with Crippen LogP contribution in [0.2, 0.25) is 0 Å². The lowest BCUT2D eigenvalue weighted by Crippen LogP contribution is -2.16. The fraction of sp³-hybridized carbons (Fsp3) is 0.550. The lowest BCUT2D eigenvalue weighted by molar-refractivity contribution is 0.418. The SMILES string of the molecule is CCCn1nc(C)c(-c2cncn2C[C@H](C)n2nc(C)c(C)c2C)c1C. The summed E-state index contributed by atoms with van der Waals surface area (Å²) >= 11 is 0. The lowest BCUT2D eigenvalue weighted by atomic mass is 10.1. The molecule has 0 amide bonds. The minimum Gasteiger partial charge on any atom is -0.328 e. The standard InChI is InChI=1S/C20H30N6/c1-8-9-25-18(7)20(16(5)22-25)19-10-21-12-24(19)11-13(2)26-17(6)14(3)15(4)23-26/h10,12-13H,8-9,11H2,1-7H3/t13-/m0/s1. The number of aryl methyl sites for hydroxylation is 3. The van der Waals surface area contributed by atoms with Gasteiger partial charge >= 0.3 is 0 Å². The van der Waals surface area contributed by atoms with Gasteiger partial charge in [-0.2, -0.15) is 10.2 Å². The van der Waals surface area contributed by atoms with E-state index in [1.54, 1.807) is 0 Å². The quantitative estimate of drug-likeness (QED) is 0.668. The predicted octanol–water partition coefficient (Wildman–Crippen LogP) is 4.16. The summed E-state index contributed by atoms with van der Waals surface area (Å²) in [5.41, 5.74) is 8.22. The third-order valence-electron chi connectivity index (χ3n) is 5.35. The first-order valence-corrected chi connectivity index (χ1v) is 9.41. The molecule has 3 aromatic heterocycles. The topological polar surface area (TPSA) is 53.5 Å². The van der Waals surface area contributed by atoms with Crippen molar-refractivity contribution in [3.05, 3.63) is 40.9 Å². The molecule has 6 nitrogen and oxygen atoms in total. The maximum atomic E-state index is 4.72. The molecule has 0 unspecified atom stereocenters. The highest BCUT2D eigenvalue weighted by molar-refractivity contribution is 5.64. The smallest absolute Gasteiger partial charge is 0.0951 e. The average Bonchev–Trinajstić information content (AvgIpc) is 3.22. The van der Waals surface area contributed by atoms with Crippen molar-refractivity contribution >= 4 is 0 Å². The van der Waals surface area contributed by atoms with E-state index in [2.05, 4.69) is 67.4 Å². The van der Waals surface area contributed by atoms with Crippen LogP contribution in [0.5, 0.6) is 0 Å². The summed E-state index contributed by atoms with van der Waals surface area (Å²) < 4.78 is 6.47. The van der Waals surface area contributed by atoms with Gasteiger partial charge in [-0.3, -0.25) is 9.36 Å². The van der Waals surface area contributed by atoms with E-state index in [0.29, 0.717) is 0 Å². The molecule has 3 aromatic rings. The predicted molar refractivity (Wildman–Crippen MR) is 104 cm³/mol. The van der Waals surface area contributed by atoms with Crippen LogP contribution in [0.3, 0.4) is 0 Å². The van der Waals surface area contributed by atoms with E-state index >= 15 is 0 Å². The van der Waals surface area contributed by atoms with Gasteiger partial charge in [-0.15, -0.1) is 0 Å². The Hall–Kier alpha value is -2.37. The van der Waals surface area contributed by atoms with Crippen LogP contribution in [0.15, 0.2) is 12.5 Å². The Morgan fingerprint density at radius 2 is 1.73 bits per heavy atom. The average molecular weight is 355 g/mol. The molecule has 0 aliphatic rings.